The Kier molecular flexibility index (Phi) is 10.5. The maximum Gasteiger partial charge on any atom is 0.255 e. The molecule has 0 radical (unpaired) electrons. The van der Waals surface area contributed by atoms with Crippen LogP contribution in [0.5, 0.6) is 5.75 Å². The SMILES string of the molecule is O=C(Nc1ccc(C[C@@H](CO)N(Cc2ccccc2)C[C@H](O)COc2ccccc2)cc1)c1ccc(Cl)cc1. The molecule has 6 nitrogen and oxygen atoms in total. The minimum atomic E-state index is -0.742. The van der Waals surface area contributed by atoms with Gasteiger partial charge < -0.3 is 20.3 Å². The Balaban J connectivity index is 1.40. The molecule has 3 N–H and O–H groups in total. The number of hydrogen-bond donors (Lipinski definition) is 3. The topological polar surface area (TPSA) is 82.0 Å². The van der Waals surface area contributed by atoms with Crippen LogP contribution in [0.25, 0.3) is 0 Å². The van der Waals surface area contributed by atoms with Gasteiger partial charge in [0.05, 0.1) is 6.61 Å². The van der Waals surface area contributed by atoms with E-state index >= 15 is 0 Å². The van der Waals surface area contributed by atoms with Crippen LogP contribution >= 0.6 is 11.6 Å². The van der Waals surface area contributed by atoms with Crippen molar-refractivity contribution >= 4 is 23.2 Å². The first-order valence-corrected chi connectivity index (χ1v) is 13.3. The average Bonchev–Trinajstić information content (AvgIpc) is 2.97. The Labute approximate surface area is 234 Å². The molecular formula is C32H33ClN2O4. The van der Waals surface area contributed by atoms with Gasteiger partial charge in [0.15, 0.2) is 0 Å². The lowest BCUT2D eigenvalue weighted by molar-refractivity contribution is 0.0335. The van der Waals surface area contributed by atoms with E-state index in [1.807, 2.05) is 84.9 Å². The highest BCUT2D eigenvalue weighted by atomic mass is 35.5. The van der Waals surface area contributed by atoms with Crippen molar-refractivity contribution in [1.29, 1.82) is 0 Å². The van der Waals surface area contributed by atoms with E-state index in [9.17, 15) is 15.0 Å². The lowest BCUT2D eigenvalue weighted by Gasteiger charge is -2.32. The maximum absolute atomic E-state index is 12.5. The highest BCUT2D eigenvalue weighted by Crippen LogP contribution is 2.18. The van der Waals surface area contributed by atoms with Crippen LogP contribution in [-0.4, -0.2) is 52.9 Å². The summed E-state index contributed by atoms with van der Waals surface area (Å²) in [5, 5.41) is 24.6. The molecule has 0 aliphatic rings. The summed E-state index contributed by atoms with van der Waals surface area (Å²) in [5.74, 6) is 0.488. The fraction of sp³-hybridized carbons (Fsp3) is 0.219. The minimum Gasteiger partial charge on any atom is -0.491 e. The van der Waals surface area contributed by atoms with E-state index in [-0.39, 0.29) is 25.2 Å². The van der Waals surface area contributed by atoms with Crippen LogP contribution in [0.4, 0.5) is 5.69 Å². The van der Waals surface area contributed by atoms with Crippen molar-refractivity contribution < 1.29 is 19.7 Å². The Hall–Kier alpha value is -3.68. The van der Waals surface area contributed by atoms with Gasteiger partial charge in [0.1, 0.15) is 18.5 Å². The van der Waals surface area contributed by atoms with E-state index < -0.39 is 6.10 Å². The number of hydrogen-bond acceptors (Lipinski definition) is 5. The highest BCUT2D eigenvalue weighted by molar-refractivity contribution is 6.30. The van der Waals surface area contributed by atoms with Crippen LogP contribution in [0, 0.1) is 0 Å². The first-order valence-electron chi connectivity index (χ1n) is 12.9. The molecule has 4 rings (SSSR count). The van der Waals surface area contributed by atoms with E-state index in [2.05, 4.69) is 10.2 Å². The van der Waals surface area contributed by atoms with Crippen molar-refractivity contribution in [3.05, 3.63) is 131 Å². The number of benzene rings is 4. The van der Waals surface area contributed by atoms with Gasteiger partial charge >= 0.3 is 0 Å². The zero-order chi connectivity index (χ0) is 27.5. The maximum atomic E-state index is 12.5. The Morgan fingerprint density at radius 3 is 2.13 bits per heavy atom. The molecule has 0 spiro atoms. The summed E-state index contributed by atoms with van der Waals surface area (Å²) in [6.07, 6.45) is -0.172. The number of amides is 1. The fourth-order valence-electron chi connectivity index (χ4n) is 4.30. The van der Waals surface area contributed by atoms with Gasteiger partial charge in [-0.05, 0) is 66.1 Å². The van der Waals surface area contributed by atoms with Crippen molar-refractivity contribution in [2.75, 3.05) is 25.1 Å². The van der Waals surface area contributed by atoms with Gasteiger partial charge in [-0.3, -0.25) is 9.69 Å². The van der Waals surface area contributed by atoms with Crippen LogP contribution in [0.15, 0.2) is 109 Å². The summed E-state index contributed by atoms with van der Waals surface area (Å²) in [5.41, 5.74) is 3.29. The normalized spacial score (nSPS) is 12.6. The largest absolute Gasteiger partial charge is 0.491 e. The van der Waals surface area contributed by atoms with Crippen LogP contribution in [0.2, 0.25) is 5.02 Å². The van der Waals surface area contributed by atoms with Gasteiger partial charge in [-0.1, -0.05) is 72.3 Å². The molecular weight excluding hydrogens is 512 g/mol. The highest BCUT2D eigenvalue weighted by Gasteiger charge is 2.22. The molecule has 0 aromatic heterocycles. The molecule has 2 atom stereocenters. The summed E-state index contributed by atoms with van der Waals surface area (Å²) in [6, 6.07) is 33.5. The molecule has 0 fully saturated rings. The predicted molar refractivity (Wildman–Crippen MR) is 155 cm³/mol. The Morgan fingerprint density at radius 1 is 0.846 bits per heavy atom. The summed E-state index contributed by atoms with van der Waals surface area (Å²) in [4.78, 5) is 14.6. The van der Waals surface area contributed by atoms with Gasteiger partial charge in [0, 0.05) is 35.4 Å². The van der Waals surface area contributed by atoms with Crippen LogP contribution in [0.1, 0.15) is 21.5 Å². The fourth-order valence-corrected chi connectivity index (χ4v) is 4.43. The monoisotopic (exact) mass is 544 g/mol. The molecule has 0 heterocycles. The molecule has 0 aliphatic carbocycles. The second-order valence-corrected chi connectivity index (χ2v) is 9.83. The van der Waals surface area contributed by atoms with Gasteiger partial charge in [-0.2, -0.15) is 0 Å². The third-order valence-corrected chi connectivity index (χ3v) is 6.63. The number of carbonyl (C=O) groups is 1. The van der Waals surface area contributed by atoms with Gasteiger partial charge in [-0.25, -0.2) is 0 Å². The van der Waals surface area contributed by atoms with Crippen LogP contribution in [0.3, 0.4) is 0 Å². The number of carbonyl (C=O) groups excluding carboxylic acids is 1. The van der Waals surface area contributed by atoms with Crippen molar-refractivity contribution in [2.45, 2.75) is 25.1 Å². The first-order chi connectivity index (χ1) is 19.0. The molecule has 0 unspecified atom stereocenters. The zero-order valence-corrected chi connectivity index (χ0v) is 22.4. The summed E-state index contributed by atoms with van der Waals surface area (Å²) in [6.45, 7) is 0.982. The molecule has 0 bridgehead atoms. The third kappa shape index (κ3) is 8.94. The number of aliphatic hydroxyl groups excluding tert-OH is 2. The molecule has 0 saturated carbocycles. The van der Waals surface area contributed by atoms with Crippen molar-refractivity contribution in [3.63, 3.8) is 0 Å². The van der Waals surface area contributed by atoms with Crippen molar-refractivity contribution in [3.8, 4) is 5.75 Å². The third-order valence-electron chi connectivity index (χ3n) is 6.38. The molecule has 7 heteroatoms. The second-order valence-electron chi connectivity index (χ2n) is 9.39. The molecule has 0 saturated heterocycles. The lowest BCUT2D eigenvalue weighted by atomic mass is 10.0. The van der Waals surface area contributed by atoms with E-state index in [0.717, 1.165) is 11.1 Å². The number of nitrogens with one attached hydrogen (secondary N) is 1. The second kappa shape index (κ2) is 14.5. The number of rotatable bonds is 13. The molecule has 4 aromatic rings. The Morgan fingerprint density at radius 2 is 1.49 bits per heavy atom. The Bertz CT molecular complexity index is 1290. The number of halogens is 1. The standard InChI is InChI=1S/C32H33ClN2O4/c33-27-15-13-26(14-16-27)32(38)34-28-17-11-24(12-18-28)19-29(22-36)35(20-25-7-3-1-4-8-25)21-30(37)23-39-31-9-5-2-6-10-31/h1-18,29-30,36-37H,19-23H2,(H,34,38)/t29-,30-/m0/s1. The van der Waals surface area contributed by atoms with Crippen LogP contribution < -0.4 is 10.1 Å². The van der Waals surface area contributed by atoms with Gasteiger partial charge in [0.2, 0.25) is 0 Å². The summed E-state index contributed by atoms with van der Waals surface area (Å²) < 4.78 is 5.75. The molecule has 1 amide bonds. The summed E-state index contributed by atoms with van der Waals surface area (Å²) >= 11 is 5.91. The molecule has 39 heavy (non-hydrogen) atoms. The lowest BCUT2D eigenvalue weighted by Crippen LogP contribution is -2.44. The van der Waals surface area contributed by atoms with Crippen LogP contribution in [-0.2, 0) is 13.0 Å². The van der Waals surface area contributed by atoms with Gasteiger partial charge in [0.25, 0.3) is 5.91 Å². The first kappa shape index (κ1) is 28.3. The number of para-hydroxylation sites is 1. The molecule has 202 valence electrons. The minimum absolute atomic E-state index is 0.0752. The van der Waals surface area contributed by atoms with E-state index in [1.54, 1.807) is 24.3 Å². The number of ether oxygens (including phenoxy) is 1. The molecule has 0 aliphatic heterocycles. The smallest absolute Gasteiger partial charge is 0.255 e. The number of nitrogens with zero attached hydrogens (tertiary/aromatic N) is 1. The van der Waals surface area contributed by atoms with Crippen molar-refractivity contribution in [2.24, 2.45) is 0 Å². The van der Waals surface area contributed by atoms with Gasteiger partial charge in [-0.15, -0.1) is 0 Å². The number of anilines is 1. The number of aliphatic hydroxyl groups is 2. The van der Waals surface area contributed by atoms with E-state index in [4.69, 9.17) is 16.3 Å². The average molecular weight is 545 g/mol. The zero-order valence-electron chi connectivity index (χ0n) is 21.6. The van der Waals surface area contributed by atoms with E-state index in [1.165, 1.54) is 0 Å². The molecule has 4 aromatic carbocycles. The van der Waals surface area contributed by atoms with E-state index in [0.29, 0.717) is 41.5 Å². The quantitative estimate of drug-likeness (QED) is 0.209. The summed E-state index contributed by atoms with van der Waals surface area (Å²) in [7, 11) is 0. The predicted octanol–water partition coefficient (Wildman–Crippen LogP) is 5.44. The van der Waals surface area contributed by atoms with Crippen molar-refractivity contribution in [1.82, 2.24) is 4.90 Å².